The molecule has 1 N–H and O–H groups in total. The van der Waals surface area contributed by atoms with Gasteiger partial charge >= 0.3 is 0 Å². The fraction of sp³-hybridized carbons (Fsp3) is 0.600. The smallest absolute Gasteiger partial charge is 0.119 e. The van der Waals surface area contributed by atoms with E-state index in [2.05, 4.69) is 28.4 Å². The van der Waals surface area contributed by atoms with E-state index in [9.17, 15) is 0 Å². The summed E-state index contributed by atoms with van der Waals surface area (Å²) in [7, 11) is 0. The number of hydrogen-bond acceptors (Lipinski definition) is 3. The van der Waals surface area contributed by atoms with Crippen LogP contribution in [-0.4, -0.2) is 44.2 Å². The molecule has 1 aliphatic heterocycles. The van der Waals surface area contributed by atoms with Crippen molar-refractivity contribution in [3.63, 3.8) is 0 Å². The molecule has 18 heavy (non-hydrogen) atoms. The van der Waals surface area contributed by atoms with Crippen molar-refractivity contribution in [2.24, 2.45) is 0 Å². The fourth-order valence-electron chi connectivity index (χ4n) is 2.40. The zero-order chi connectivity index (χ0) is 12.6. The van der Waals surface area contributed by atoms with Crippen LogP contribution in [0.4, 0.5) is 0 Å². The molecule has 100 valence electrons. The Hall–Kier alpha value is -1.06. The minimum absolute atomic E-state index is 0.740. The second-order valence-electron chi connectivity index (χ2n) is 4.78. The highest BCUT2D eigenvalue weighted by atomic mass is 16.5. The van der Waals surface area contributed by atoms with E-state index in [0.717, 1.165) is 31.9 Å². The zero-order valence-electron chi connectivity index (χ0n) is 11.3. The van der Waals surface area contributed by atoms with Crippen LogP contribution in [0.2, 0.25) is 0 Å². The number of rotatable bonds is 6. The van der Waals surface area contributed by atoms with Crippen LogP contribution in [-0.2, 0) is 6.42 Å². The average molecular weight is 248 g/mol. The highest BCUT2D eigenvalue weighted by Gasteiger charge is 2.08. The molecule has 1 saturated heterocycles. The average Bonchev–Trinajstić information content (AvgIpc) is 2.41. The molecular formula is C15H24N2O. The molecule has 0 saturated carbocycles. The molecule has 3 heteroatoms. The van der Waals surface area contributed by atoms with Crippen LogP contribution in [0.25, 0.3) is 0 Å². The standard InChI is InChI=1S/C15H24N2O/c1-2-18-15-7-3-5-14(13-15)6-4-10-17-11-8-16-9-12-17/h3,5,7,13,16H,2,4,6,8-12H2,1H3. The molecule has 1 aromatic rings. The molecule has 1 fully saturated rings. The van der Waals surface area contributed by atoms with Crippen molar-refractivity contribution >= 4 is 0 Å². The summed E-state index contributed by atoms with van der Waals surface area (Å²) >= 11 is 0. The van der Waals surface area contributed by atoms with Crippen LogP contribution in [0.15, 0.2) is 24.3 Å². The number of aryl methyl sites for hydroxylation is 1. The molecule has 0 radical (unpaired) electrons. The van der Waals surface area contributed by atoms with E-state index in [4.69, 9.17) is 4.74 Å². The molecule has 1 aromatic carbocycles. The number of nitrogens with one attached hydrogen (secondary N) is 1. The van der Waals surface area contributed by atoms with Crippen LogP contribution in [0, 0.1) is 0 Å². The Morgan fingerprint density at radius 2 is 2.11 bits per heavy atom. The van der Waals surface area contributed by atoms with E-state index in [1.165, 1.54) is 31.6 Å². The Kier molecular flexibility index (Phi) is 5.49. The Morgan fingerprint density at radius 1 is 1.28 bits per heavy atom. The molecule has 0 aliphatic carbocycles. The number of nitrogens with zero attached hydrogens (tertiary/aromatic N) is 1. The number of hydrogen-bond donors (Lipinski definition) is 1. The van der Waals surface area contributed by atoms with Gasteiger partial charge < -0.3 is 15.0 Å². The molecule has 2 rings (SSSR count). The van der Waals surface area contributed by atoms with Gasteiger partial charge in [-0.1, -0.05) is 12.1 Å². The minimum atomic E-state index is 0.740. The normalized spacial score (nSPS) is 16.7. The molecule has 0 bridgehead atoms. The van der Waals surface area contributed by atoms with Crippen molar-refractivity contribution < 1.29 is 4.74 Å². The number of benzene rings is 1. The van der Waals surface area contributed by atoms with Crippen LogP contribution in [0.5, 0.6) is 5.75 Å². The van der Waals surface area contributed by atoms with Crippen LogP contribution in [0.1, 0.15) is 18.9 Å². The lowest BCUT2D eigenvalue weighted by Crippen LogP contribution is -2.43. The van der Waals surface area contributed by atoms with Crippen molar-refractivity contribution in [1.82, 2.24) is 10.2 Å². The van der Waals surface area contributed by atoms with Crippen LogP contribution in [0.3, 0.4) is 0 Å². The molecule has 3 nitrogen and oxygen atoms in total. The molecule has 0 amide bonds. The molecule has 0 aromatic heterocycles. The van der Waals surface area contributed by atoms with Gasteiger partial charge in [0.2, 0.25) is 0 Å². The van der Waals surface area contributed by atoms with Crippen molar-refractivity contribution in [1.29, 1.82) is 0 Å². The van der Waals surface area contributed by atoms with Crippen LogP contribution >= 0.6 is 0 Å². The topological polar surface area (TPSA) is 24.5 Å². The van der Waals surface area contributed by atoms with Gasteiger partial charge in [0.05, 0.1) is 6.61 Å². The van der Waals surface area contributed by atoms with E-state index < -0.39 is 0 Å². The lowest BCUT2D eigenvalue weighted by atomic mass is 10.1. The summed E-state index contributed by atoms with van der Waals surface area (Å²) in [5.41, 5.74) is 1.39. The lowest BCUT2D eigenvalue weighted by Gasteiger charge is -2.27. The molecule has 1 heterocycles. The van der Waals surface area contributed by atoms with E-state index in [1.54, 1.807) is 0 Å². The van der Waals surface area contributed by atoms with Crippen LogP contribution < -0.4 is 10.1 Å². The minimum Gasteiger partial charge on any atom is -0.494 e. The molecule has 0 atom stereocenters. The van der Waals surface area contributed by atoms with E-state index >= 15 is 0 Å². The van der Waals surface area contributed by atoms with Gasteiger partial charge in [-0.15, -0.1) is 0 Å². The summed E-state index contributed by atoms with van der Waals surface area (Å²) in [6.45, 7) is 8.64. The van der Waals surface area contributed by atoms with Gasteiger partial charge in [0.25, 0.3) is 0 Å². The first-order chi connectivity index (χ1) is 8.88. The Labute approximate surface area is 110 Å². The second-order valence-corrected chi connectivity index (χ2v) is 4.78. The third-order valence-electron chi connectivity index (χ3n) is 3.36. The number of piperazine rings is 1. The Morgan fingerprint density at radius 3 is 2.89 bits per heavy atom. The second kappa shape index (κ2) is 7.39. The van der Waals surface area contributed by atoms with Crippen molar-refractivity contribution in [2.75, 3.05) is 39.3 Å². The first-order valence-electron chi connectivity index (χ1n) is 7.03. The van der Waals surface area contributed by atoms with Gasteiger partial charge in [-0.05, 0) is 44.0 Å². The van der Waals surface area contributed by atoms with E-state index in [0.29, 0.717) is 0 Å². The van der Waals surface area contributed by atoms with Crippen molar-refractivity contribution in [3.05, 3.63) is 29.8 Å². The zero-order valence-corrected chi connectivity index (χ0v) is 11.3. The molecule has 0 unspecified atom stereocenters. The summed E-state index contributed by atoms with van der Waals surface area (Å²) in [5, 5.41) is 3.39. The van der Waals surface area contributed by atoms with E-state index in [-0.39, 0.29) is 0 Å². The largest absolute Gasteiger partial charge is 0.494 e. The molecule has 1 aliphatic rings. The van der Waals surface area contributed by atoms with Gasteiger partial charge in [-0.25, -0.2) is 0 Å². The maximum atomic E-state index is 5.52. The summed E-state index contributed by atoms with van der Waals surface area (Å²) in [6, 6.07) is 8.48. The first-order valence-corrected chi connectivity index (χ1v) is 7.03. The van der Waals surface area contributed by atoms with E-state index in [1.807, 2.05) is 13.0 Å². The van der Waals surface area contributed by atoms with Gasteiger partial charge in [0.1, 0.15) is 5.75 Å². The third kappa shape index (κ3) is 4.31. The van der Waals surface area contributed by atoms with Gasteiger partial charge in [0, 0.05) is 26.2 Å². The summed E-state index contributed by atoms with van der Waals surface area (Å²) < 4.78 is 5.52. The highest BCUT2D eigenvalue weighted by Crippen LogP contribution is 2.14. The fourth-order valence-corrected chi connectivity index (χ4v) is 2.40. The maximum absolute atomic E-state index is 5.52. The molecular weight excluding hydrogens is 224 g/mol. The summed E-state index contributed by atoms with van der Waals surface area (Å²) in [5.74, 6) is 0.997. The predicted octanol–water partition coefficient (Wildman–Crippen LogP) is 1.92. The quantitative estimate of drug-likeness (QED) is 0.832. The van der Waals surface area contributed by atoms with Crippen molar-refractivity contribution in [2.45, 2.75) is 19.8 Å². The first kappa shape index (κ1) is 13.4. The lowest BCUT2D eigenvalue weighted by molar-refractivity contribution is 0.238. The molecule has 0 spiro atoms. The third-order valence-corrected chi connectivity index (χ3v) is 3.36. The predicted molar refractivity (Wildman–Crippen MR) is 75.2 cm³/mol. The Bertz CT molecular complexity index is 348. The maximum Gasteiger partial charge on any atom is 0.119 e. The monoisotopic (exact) mass is 248 g/mol. The number of ether oxygens (including phenoxy) is 1. The van der Waals surface area contributed by atoms with Gasteiger partial charge in [-0.3, -0.25) is 0 Å². The summed E-state index contributed by atoms with van der Waals surface area (Å²) in [6.07, 6.45) is 2.38. The summed E-state index contributed by atoms with van der Waals surface area (Å²) in [4.78, 5) is 2.54. The van der Waals surface area contributed by atoms with Crippen molar-refractivity contribution in [3.8, 4) is 5.75 Å². The van der Waals surface area contributed by atoms with Gasteiger partial charge in [0.15, 0.2) is 0 Å². The Balaban J connectivity index is 1.73. The SMILES string of the molecule is CCOc1cccc(CCCN2CCNCC2)c1. The van der Waals surface area contributed by atoms with Gasteiger partial charge in [-0.2, -0.15) is 0 Å². The highest BCUT2D eigenvalue weighted by molar-refractivity contribution is 5.28.